The summed E-state index contributed by atoms with van der Waals surface area (Å²) >= 11 is 0. The number of aliphatic carboxylic acids is 1. The number of benzene rings is 2. The lowest BCUT2D eigenvalue weighted by molar-refractivity contribution is -0.141. The van der Waals surface area contributed by atoms with Gasteiger partial charge in [0.25, 0.3) is 5.91 Å². The van der Waals surface area contributed by atoms with Crippen LogP contribution in [0.25, 0.3) is 11.1 Å². The zero-order valence-electron chi connectivity index (χ0n) is 18.9. The molecule has 0 radical (unpaired) electrons. The Labute approximate surface area is 200 Å². The number of carbonyl (C=O) groups is 3. The molecule has 2 heterocycles. The molecule has 180 valence electrons. The fourth-order valence-electron chi connectivity index (χ4n) is 4.85. The highest BCUT2D eigenvalue weighted by molar-refractivity contribution is 5.97. The molecule has 1 aliphatic heterocycles. The van der Waals surface area contributed by atoms with E-state index in [0.29, 0.717) is 0 Å². The third-order valence-electron chi connectivity index (χ3n) is 6.50. The summed E-state index contributed by atoms with van der Waals surface area (Å²) in [5, 5.41) is 25.9. The number of β-amino-alcohol motifs (C(OH)–C–C–N with tert-alkyl or cyclic N) is 1. The highest BCUT2D eigenvalue weighted by atomic mass is 16.5. The van der Waals surface area contributed by atoms with E-state index in [4.69, 9.17) is 4.74 Å². The van der Waals surface area contributed by atoms with Crippen LogP contribution >= 0.6 is 0 Å². The van der Waals surface area contributed by atoms with Crippen molar-refractivity contribution < 1.29 is 29.3 Å². The number of aryl methyl sites for hydroxylation is 1. The third-order valence-corrected chi connectivity index (χ3v) is 6.50. The zero-order chi connectivity index (χ0) is 24.7. The van der Waals surface area contributed by atoms with E-state index < -0.39 is 30.1 Å². The maximum atomic E-state index is 12.8. The Hall–Kier alpha value is -4.18. The fourth-order valence-corrected chi connectivity index (χ4v) is 4.85. The number of aliphatic hydroxyl groups excluding tert-OH is 1. The summed E-state index contributed by atoms with van der Waals surface area (Å²) in [6.07, 6.45) is -1.66. The van der Waals surface area contributed by atoms with Gasteiger partial charge in [0.05, 0.1) is 6.10 Å². The van der Waals surface area contributed by atoms with Crippen LogP contribution < -0.4 is 5.32 Å². The van der Waals surface area contributed by atoms with E-state index in [-0.39, 0.29) is 37.0 Å². The van der Waals surface area contributed by atoms with E-state index in [1.807, 2.05) is 36.4 Å². The number of anilines is 1. The summed E-state index contributed by atoms with van der Waals surface area (Å²) in [5.41, 5.74) is 4.39. The van der Waals surface area contributed by atoms with Gasteiger partial charge in [-0.15, -0.1) is 0 Å². The Kier molecular flexibility index (Phi) is 5.73. The topological polar surface area (TPSA) is 134 Å². The van der Waals surface area contributed by atoms with Crippen LogP contribution in [-0.4, -0.2) is 68.2 Å². The molecular formula is C25H24N4O6. The first-order chi connectivity index (χ1) is 16.8. The van der Waals surface area contributed by atoms with Gasteiger partial charge in [0.15, 0.2) is 5.69 Å². The van der Waals surface area contributed by atoms with Gasteiger partial charge in [-0.2, -0.15) is 5.10 Å². The van der Waals surface area contributed by atoms with Gasteiger partial charge in [0.1, 0.15) is 18.5 Å². The van der Waals surface area contributed by atoms with Crippen molar-refractivity contribution in [2.45, 2.75) is 24.5 Å². The molecular weight excluding hydrogens is 452 g/mol. The van der Waals surface area contributed by atoms with E-state index in [1.165, 1.54) is 10.7 Å². The van der Waals surface area contributed by atoms with Crippen LogP contribution in [0.5, 0.6) is 0 Å². The lowest BCUT2D eigenvalue weighted by atomic mass is 9.98. The van der Waals surface area contributed by atoms with Crippen molar-refractivity contribution >= 4 is 23.8 Å². The number of nitrogens with one attached hydrogen (secondary N) is 1. The number of fused-ring (bicyclic) bond motifs is 3. The van der Waals surface area contributed by atoms with Crippen LogP contribution in [0.3, 0.4) is 0 Å². The average Bonchev–Trinajstić information content (AvgIpc) is 3.51. The molecule has 0 saturated carbocycles. The Balaban J connectivity index is 1.26. The molecule has 10 nitrogen and oxygen atoms in total. The summed E-state index contributed by atoms with van der Waals surface area (Å²) < 4.78 is 6.84. The van der Waals surface area contributed by atoms with Crippen LogP contribution in [-0.2, 0) is 16.6 Å². The molecule has 10 heteroatoms. The Morgan fingerprint density at radius 2 is 1.71 bits per heavy atom. The molecule has 1 saturated heterocycles. The predicted octanol–water partition coefficient (Wildman–Crippen LogP) is 2.44. The lowest BCUT2D eigenvalue weighted by Crippen LogP contribution is -2.40. The smallest absolute Gasteiger partial charge is 0.412 e. The molecule has 3 N–H and O–H groups in total. The number of nitrogens with zero attached hydrogens (tertiary/aromatic N) is 3. The summed E-state index contributed by atoms with van der Waals surface area (Å²) in [5.74, 6) is -1.70. The largest absolute Gasteiger partial charge is 0.480 e. The van der Waals surface area contributed by atoms with E-state index in [0.717, 1.165) is 27.2 Å². The molecule has 2 atom stereocenters. The minimum atomic E-state index is -1.19. The molecule has 2 aromatic carbocycles. The van der Waals surface area contributed by atoms with Crippen LogP contribution in [0, 0.1) is 0 Å². The molecule has 2 unspecified atom stereocenters. The highest BCUT2D eigenvalue weighted by Gasteiger charge is 2.40. The molecule has 0 spiro atoms. The first-order valence-corrected chi connectivity index (χ1v) is 11.2. The SMILES string of the molecule is Cn1nc(C(=O)N2CC(O)CC2C(=O)O)cc1NC(=O)OCC1c2ccccc2-c2ccccc21. The first kappa shape index (κ1) is 22.6. The van der Waals surface area contributed by atoms with Gasteiger partial charge in [0, 0.05) is 32.0 Å². The van der Waals surface area contributed by atoms with Crippen LogP contribution in [0.4, 0.5) is 10.6 Å². The minimum Gasteiger partial charge on any atom is -0.480 e. The number of hydrogen-bond donors (Lipinski definition) is 3. The van der Waals surface area contributed by atoms with Crippen molar-refractivity contribution in [3.05, 3.63) is 71.4 Å². The molecule has 35 heavy (non-hydrogen) atoms. The number of carboxylic acids is 1. The van der Waals surface area contributed by atoms with Crippen LogP contribution in [0.1, 0.15) is 34.0 Å². The molecule has 1 fully saturated rings. The molecule has 3 aromatic rings. The maximum Gasteiger partial charge on any atom is 0.412 e. The normalized spacial score (nSPS) is 18.7. The van der Waals surface area contributed by atoms with Gasteiger partial charge in [-0.25, -0.2) is 9.59 Å². The van der Waals surface area contributed by atoms with Gasteiger partial charge < -0.3 is 19.8 Å². The second kappa shape index (κ2) is 8.88. The number of carbonyl (C=O) groups excluding carboxylic acids is 2. The summed E-state index contributed by atoms with van der Waals surface area (Å²) in [6, 6.07) is 16.3. The van der Waals surface area contributed by atoms with E-state index in [1.54, 1.807) is 7.05 Å². The van der Waals surface area contributed by atoms with Crippen LogP contribution in [0.15, 0.2) is 54.6 Å². The van der Waals surface area contributed by atoms with E-state index in [9.17, 15) is 24.6 Å². The summed E-state index contributed by atoms with van der Waals surface area (Å²) in [6.45, 7) is 0.0387. The van der Waals surface area contributed by atoms with E-state index >= 15 is 0 Å². The standard InChI is InChI=1S/C25H24N4O6/c1-28-22(11-20(27-28)23(31)29-12-14(30)10-21(29)24(32)33)26-25(34)35-13-19-17-8-4-2-6-15(17)16-7-3-5-9-18(16)19/h2-9,11,14,19,21,30H,10,12-13H2,1H3,(H,26,34)(H,32,33). The number of aromatic nitrogens is 2. The number of amides is 2. The van der Waals surface area contributed by atoms with Gasteiger partial charge >= 0.3 is 12.1 Å². The highest BCUT2D eigenvalue weighted by Crippen LogP contribution is 2.44. The van der Waals surface area contributed by atoms with Crippen molar-refractivity contribution in [2.24, 2.45) is 7.05 Å². The molecule has 5 rings (SSSR count). The number of aliphatic hydroxyl groups is 1. The Bertz CT molecular complexity index is 1270. The van der Waals surface area contributed by atoms with Crippen molar-refractivity contribution in [1.82, 2.24) is 14.7 Å². The first-order valence-electron chi connectivity index (χ1n) is 11.2. The van der Waals surface area contributed by atoms with Crippen molar-refractivity contribution in [3.8, 4) is 11.1 Å². The number of carboxylic acid groups (broad SMARTS) is 1. The monoisotopic (exact) mass is 476 g/mol. The Morgan fingerprint density at radius 3 is 2.34 bits per heavy atom. The third kappa shape index (κ3) is 4.12. The minimum absolute atomic E-state index is 0.0400. The van der Waals surface area contributed by atoms with Crippen molar-refractivity contribution in [3.63, 3.8) is 0 Å². The average molecular weight is 476 g/mol. The number of rotatable bonds is 5. The fraction of sp³-hybridized carbons (Fsp3) is 0.280. The van der Waals surface area contributed by atoms with Crippen LogP contribution in [0.2, 0.25) is 0 Å². The van der Waals surface area contributed by atoms with E-state index in [2.05, 4.69) is 22.5 Å². The second-order valence-electron chi connectivity index (χ2n) is 8.69. The van der Waals surface area contributed by atoms with Gasteiger partial charge in [0.2, 0.25) is 0 Å². The second-order valence-corrected chi connectivity index (χ2v) is 8.69. The van der Waals surface area contributed by atoms with Crippen molar-refractivity contribution in [2.75, 3.05) is 18.5 Å². The number of hydrogen-bond acceptors (Lipinski definition) is 6. The maximum absolute atomic E-state index is 12.8. The van der Waals surface area contributed by atoms with Gasteiger partial charge in [-0.1, -0.05) is 48.5 Å². The quantitative estimate of drug-likeness (QED) is 0.515. The molecule has 2 aliphatic rings. The van der Waals surface area contributed by atoms with Crippen molar-refractivity contribution in [1.29, 1.82) is 0 Å². The van der Waals surface area contributed by atoms with Gasteiger partial charge in [-0.05, 0) is 22.3 Å². The molecule has 2 amide bonds. The predicted molar refractivity (Wildman–Crippen MR) is 125 cm³/mol. The summed E-state index contributed by atoms with van der Waals surface area (Å²) in [4.78, 5) is 37.9. The number of ether oxygens (including phenoxy) is 1. The lowest BCUT2D eigenvalue weighted by Gasteiger charge is -2.19. The van der Waals surface area contributed by atoms with Gasteiger partial charge in [-0.3, -0.25) is 14.8 Å². The molecule has 1 aliphatic carbocycles. The Morgan fingerprint density at radius 1 is 1.09 bits per heavy atom. The summed E-state index contributed by atoms with van der Waals surface area (Å²) in [7, 11) is 1.55. The number of likely N-dealkylation sites (tertiary alicyclic amines) is 1. The zero-order valence-corrected chi connectivity index (χ0v) is 18.9. The molecule has 0 bridgehead atoms. The molecule has 1 aromatic heterocycles.